The normalized spacial score (nSPS) is 10.6. The van der Waals surface area contributed by atoms with Crippen LogP contribution in [0.2, 0.25) is 0 Å². The van der Waals surface area contributed by atoms with Gasteiger partial charge in [0.25, 0.3) is 0 Å². The van der Waals surface area contributed by atoms with Gasteiger partial charge in [0.05, 0.1) is 4.92 Å². The molecule has 0 saturated heterocycles. The van der Waals surface area contributed by atoms with E-state index in [1.165, 1.54) is 18.2 Å². The van der Waals surface area contributed by atoms with E-state index in [1.54, 1.807) is 6.07 Å². The number of nitro benzene ring substituents is 1. The van der Waals surface area contributed by atoms with Crippen molar-refractivity contribution >= 4 is 21.6 Å². The third-order valence-corrected chi connectivity index (χ3v) is 3.63. The number of hydrogen-bond acceptors (Lipinski definition) is 3. The number of nitrogens with zero attached hydrogens (tertiary/aromatic N) is 1. The molecule has 0 radical (unpaired) electrons. The highest BCUT2D eigenvalue weighted by Crippen LogP contribution is 2.19. The maximum Gasteiger partial charge on any atom is 0.304 e. The molecule has 0 bridgehead atoms. The number of halogens is 3. The second-order valence-corrected chi connectivity index (χ2v) is 5.24. The molecule has 2 aromatic rings. The topological polar surface area (TPSA) is 55.2 Å². The summed E-state index contributed by atoms with van der Waals surface area (Å²) in [6.07, 6.45) is 0. The summed E-state index contributed by atoms with van der Waals surface area (Å²) in [6, 6.07) is 8.08. The van der Waals surface area contributed by atoms with E-state index >= 15 is 0 Å². The molecule has 4 nitrogen and oxygen atoms in total. The quantitative estimate of drug-likeness (QED) is 0.652. The molecule has 0 heterocycles. The maximum absolute atomic E-state index is 13.4. The number of nitrogens with one attached hydrogen (secondary N) is 1. The van der Waals surface area contributed by atoms with E-state index in [1.807, 2.05) is 0 Å². The predicted molar refractivity (Wildman–Crippen MR) is 77.7 cm³/mol. The summed E-state index contributed by atoms with van der Waals surface area (Å²) in [7, 11) is 0. The molecule has 0 aliphatic carbocycles. The fraction of sp³-hybridized carbons (Fsp3) is 0.143. The van der Waals surface area contributed by atoms with Crippen molar-refractivity contribution < 1.29 is 13.7 Å². The Morgan fingerprint density at radius 1 is 1.14 bits per heavy atom. The van der Waals surface area contributed by atoms with Crippen molar-refractivity contribution in [1.29, 1.82) is 0 Å². The molecule has 110 valence electrons. The van der Waals surface area contributed by atoms with E-state index in [-0.39, 0.29) is 5.82 Å². The average Bonchev–Trinajstić information content (AvgIpc) is 2.42. The van der Waals surface area contributed by atoms with Crippen molar-refractivity contribution in [2.45, 2.75) is 13.1 Å². The van der Waals surface area contributed by atoms with Crippen molar-refractivity contribution in [2.75, 3.05) is 0 Å². The van der Waals surface area contributed by atoms with Crippen molar-refractivity contribution in [3.05, 3.63) is 73.7 Å². The summed E-state index contributed by atoms with van der Waals surface area (Å²) < 4.78 is 27.3. The molecular formula is C14H11BrF2N2O2. The van der Waals surface area contributed by atoms with Crippen LogP contribution < -0.4 is 5.32 Å². The third kappa shape index (κ3) is 4.05. The van der Waals surface area contributed by atoms with Crippen molar-refractivity contribution in [2.24, 2.45) is 0 Å². The Morgan fingerprint density at radius 2 is 1.90 bits per heavy atom. The number of rotatable bonds is 5. The Balaban J connectivity index is 1.99. The van der Waals surface area contributed by atoms with Gasteiger partial charge in [-0.2, -0.15) is 4.39 Å². The summed E-state index contributed by atoms with van der Waals surface area (Å²) >= 11 is 3.31. The molecule has 21 heavy (non-hydrogen) atoms. The number of nitro groups is 1. The minimum Gasteiger partial charge on any atom is -0.309 e. The molecule has 1 N–H and O–H groups in total. The van der Waals surface area contributed by atoms with E-state index < -0.39 is 16.4 Å². The van der Waals surface area contributed by atoms with Gasteiger partial charge in [-0.25, -0.2) is 4.39 Å². The van der Waals surface area contributed by atoms with Gasteiger partial charge in [-0.3, -0.25) is 10.1 Å². The van der Waals surface area contributed by atoms with Crippen LogP contribution in [0.25, 0.3) is 0 Å². The maximum atomic E-state index is 13.4. The van der Waals surface area contributed by atoms with Gasteiger partial charge in [0, 0.05) is 23.6 Å². The molecule has 0 aliphatic heterocycles. The van der Waals surface area contributed by atoms with E-state index in [2.05, 4.69) is 21.2 Å². The second-order valence-electron chi connectivity index (χ2n) is 4.38. The first-order chi connectivity index (χ1) is 9.97. The fourth-order valence-electron chi connectivity index (χ4n) is 1.83. The van der Waals surface area contributed by atoms with Crippen LogP contribution in [0.15, 0.2) is 40.9 Å². The SMILES string of the molecule is O=[N+]([O-])c1ccc(CNCc2cc(F)ccc2Br)cc1F. The Labute approximate surface area is 128 Å². The number of benzene rings is 2. The molecule has 0 saturated carbocycles. The lowest BCUT2D eigenvalue weighted by atomic mass is 10.2. The fourth-order valence-corrected chi connectivity index (χ4v) is 2.22. The van der Waals surface area contributed by atoms with Crippen LogP contribution in [-0.2, 0) is 13.1 Å². The van der Waals surface area contributed by atoms with Crippen molar-refractivity contribution in [3.8, 4) is 0 Å². The first-order valence-electron chi connectivity index (χ1n) is 6.05. The zero-order chi connectivity index (χ0) is 15.4. The van der Waals surface area contributed by atoms with Gasteiger partial charge >= 0.3 is 5.69 Å². The van der Waals surface area contributed by atoms with Crippen LogP contribution in [-0.4, -0.2) is 4.92 Å². The van der Waals surface area contributed by atoms with Crippen LogP contribution in [0.3, 0.4) is 0 Å². The zero-order valence-electron chi connectivity index (χ0n) is 10.8. The van der Waals surface area contributed by atoms with E-state index in [9.17, 15) is 18.9 Å². The van der Waals surface area contributed by atoms with Gasteiger partial charge in [0.2, 0.25) is 5.82 Å². The van der Waals surface area contributed by atoms with E-state index in [4.69, 9.17) is 0 Å². The minimum atomic E-state index is -0.869. The van der Waals surface area contributed by atoms with E-state index in [0.29, 0.717) is 18.7 Å². The average molecular weight is 357 g/mol. The largest absolute Gasteiger partial charge is 0.309 e. The summed E-state index contributed by atoms with van der Waals surface area (Å²) in [4.78, 5) is 9.74. The van der Waals surface area contributed by atoms with Crippen LogP contribution in [0.5, 0.6) is 0 Å². The predicted octanol–water partition coefficient (Wildman–Crippen LogP) is 3.93. The summed E-state index contributed by atoms with van der Waals surface area (Å²) in [5.41, 5.74) is 0.759. The third-order valence-electron chi connectivity index (χ3n) is 2.86. The van der Waals surface area contributed by atoms with Gasteiger partial charge in [-0.15, -0.1) is 0 Å². The lowest BCUT2D eigenvalue weighted by molar-refractivity contribution is -0.387. The lowest BCUT2D eigenvalue weighted by Crippen LogP contribution is -2.13. The Bertz CT molecular complexity index is 680. The highest BCUT2D eigenvalue weighted by molar-refractivity contribution is 9.10. The standard InChI is InChI=1S/C14H11BrF2N2O2/c15-12-3-2-11(16)6-10(12)8-18-7-9-1-4-14(19(20)21)13(17)5-9/h1-6,18H,7-8H2. The molecule has 0 aromatic heterocycles. The molecule has 2 aromatic carbocycles. The molecule has 0 amide bonds. The monoisotopic (exact) mass is 356 g/mol. The van der Waals surface area contributed by atoms with Gasteiger partial charge in [0.15, 0.2) is 0 Å². The van der Waals surface area contributed by atoms with Crippen LogP contribution >= 0.6 is 15.9 Å². The van der Waals surface area contributed by atoms with Crippen molar-refractivity contribution in [3.63, 3.8) is 0 Å². The van der Waals surface area contributed by atoms with Crippen LogP contribution in [0.1, 0.15) is 11.1 Å². The van der Waals surface area contributed by atoms with Crippen LogP contribution in [0.4, 0.5) is 14.5 Å². The van der Waals surface area contributed by atoms with Gasteiger partial charge < -0.3 is 5.32 Å². The molecule has 7 heteroatoms. The van der Waals surface area contributed by atoms with Gasteiger partial charge in [-0.05, 0) is 35.4 Å². The number of hydrogen-bond donors (Lipinski definition) is 1. The highest BCUT2D eigenvalue weighted by atomic mass is 79.9. The molecule has 0 atom stereocenters. The molecule has 0 unspecified atom stereocenters. The first kappa shape index (κ1) is 15.5. The van der Waals surface area contributed by atoms with Gasteiger partial charge in [0.1, 0.15) is 5.82 Å². The molecule has 0 fully saturated rings. The van der Waals surface area contributed by atoms with E-state index in [0.717, 1.165) is 22.2 Å². The Hall–Kier alpha value is -1.86. The summed E-state index contributed by atoms with van der Waals surface area (Å²) in [5.74, 6) is -1.21. The summed E-state index contributed by atoms with van der Waals surface area (Å²) in [6.45, 7) is 0.703. The van der Waals surface area contributed by atoms with Crippen molar-refractivity contribution in [1.82, 2.24) is 5.32 Å². The Morgan fingerprint density at radius 3 is 2.57 bits per heavy atom. The minimum absolute atomic E-state index is 0.317. The first-order valence-corrected chi connectivity index (χ1v) is 6.84. The molecule has 2 rings (SSSR count). The van der Waals surface area contributed by atoms with Crippen LogP contribution in [0, 0.1) is 21.7 Å². The van der Waals surface area contributed by atoms with Gasteiger partial charge in [-0.1, -0.05) is 22.0 Å². The highest BCUT2D eigenvalue weighted by Gasteiger charge is 2.13. The molecular weight excluding hydrogens is 346 g/mol. The second kappa shape index (κ2) is 6.73. The molecule has 0 spiro atoms. The summed E-state index contributed by atoms with van der Waals surface area (Å²) in [5, 5.41) is 13.5. The lowest BCUT2D eigenvalue weighted by Gasteiger charge is -2.07. The zero-order valence-corrected chi connectivity index (χ0v) is 12.4. The Kier molecular flexibility index (Phi) is 4.98. The molecule has 0 aliphatic rings. The smallest absolute Gasteiger partial charge is 0.304 e.